The van der Waals surface area contributed by atoms with Gasteiger partial charge in [-0.15, -0.1) is 0 Å². The number of pyridine rings is 1. The topological polar surface area (TPSA) is 102 Å². The number of carbonyl (C=O) groups is 1. The van der Waals surface area contributed by atoms with E-state index >= 15 is 0 Å². The van der Waals surface area contributed by atoms with E-state index in [1.807, 2.05) is 0 Å². The second kappa shape index (κ2) is 5.34. The van der Waals surface area contributed by atoms with Crippen molar-refractivity contribution < 1.29 is 13.2 Å². The fraction of sp³-hybridized carbons (Fsp3) is 0.455. The summed E-state index contributed by atoms with van der Waals surface area (Å²) in [6, 6.07) is 2.59. The summed E-state index contributed by atoms with van der Waals surface area (Å²) in [5.41, 5.74) is 6.55. The summed E-state index contributed by atoms with van der Waals surface area (Å²) in [6.45, 7) is 3.36. The molecule has 6 nitrogen and oxygen atoms in total. The quantitative estimate of drug-likeness (QED) is 0.810. The number of sulfone groups is 1. The van der Waals surface area contributed by atoms with Crippen molar-refractivity contribution in [2.75, 3.05) is 17.7 Å². The molecule has 0 spiro atoms. The maximum Gasteiger partial charge on any atom is 0.251 e. The van der Waals surface area contributed by atoms with Gasteiger partial charge in [0.25, 0.3) is 5.91 Å². The zero-order chi connectivity index (χ0) is 13.9. The Balaban J connectivity index is 2.76. The van der Waals surface area contributed by atoms with Crippen LogP contribution in [0.15, 0.2) is 12.1 Å². The second-order valence-electron chi connectivity index (χ2n) is 4.39. The van der Waals surface area contributed by atoms with Gasteiger partial charge in [0.2, 0.25) is 0 Å². The monoisotopic (exact) mass is 271 g/mol. The lowest BCUT2D eigenvalue weighted by Crippen LogP contribution is -2.37. The highest BCUT2D eigenvalue weighted by atomic mass is 32.2. The Kier molecular flexibility index (Phi) is 4.28. The van der Waals surface area contributed by atoms with Crippen molar-refractivity contribution in [2.45, 2.75) is 19.9 Å². The second-order valence-corrected chi connectivity index (χ2v) is 6.57. The normalized spacial score (nSPS) is 13.1. The van der Waals surface area contributed by atoms with Crippen LogP contribution in [0.3, 0.4) is 0 Å². The maximum absolute atomic E-state index is 11.9. The van der Waals surface area contributed by atoms with Crippen molar-refractivity contribution in [1.82, 2.24) is 10.3 Å². The highest BCUT2D eigenvalue weighted by molar-refractivity contribution is 7.90. The van der Waals surface area contributed by atoms with Gasteiger partial charge in [-0.2, -0.15) is 0 Å². The molecule has 0 aromatic carbocycles. The van der Waals surface area contributed by atoms with Gasteiger partial charge in [0.1, 0.15) is 15.7 Å². The number of nitrogens with zero attached hydrogens (tertiary/aromatic N) is 1. The first-order valence-electron chi connectivity index (χ1n) is 5.40. The molecule has 1 unspecified atom stereocenters. The van der Waals surface area contributed by atoms with E-state index in [0.717, 1.165) is 6.26 Å². The van der Waals surface area contributed by atoms with Crippen molar-refractivity contribution >= 4 is 21.6 Å². The molecule has 0 bridgehead atoms. The Morgan fingerprint density at radius 1 is 1.50 bits per heavy atom. The van der Waals surface area contributed by atoms with Crippen LogP contribution in [-0.4, -0.2) is 37.4 Å². The molecule has 1 heterocycles. The molecule has 1 aromatic heterocycles. The van der Waals surface area contributed by atoms with E-state index in [2.05, 4.69) is 10.3 Å². The predicted octanol–water partition coefficient (Wildman–Crippen LogP) is 0.135. The van der Waals surface area contributed by atoms with E-state index in [0.29, 0.717) is 11.3 Å². The first-order valence-corrected chi connectivity index (χ1v) is 7.46. The number of hydrogen-bond acceptors (Lipinski definition) is 5. The van der Waals surface area contributed by atoms with Gasteiger partial charge in [0.15, 0.2) is 0 Å². The van der Waals surface area contributed by atoms with E-state index in [1.165, 1.54) is 6.07 Å². The van der Waals surface area contributed by atoms with Crippen molar-refractivity contribution in [2.24, 2.45) is 0 Å². The van der Waals surface area contributed by atoms with Crippen LogP contribution in [0.5, 0.6) is 0 Å². The average molecular weight is 271 g/mol. The zero-order valence-electron chi connectivity index (χ0n) is 10.6. The minimum atomic E-state index is -3.12. The minimum Gasteiger partial charge on any atom is -0.384 e. The third-order valence-electron chi connectivity index (χ3n) is 2.17. The number of nitrogens with one attached hydrogen (secondary N) is 1. The molecule has 0 aliphatic carbocycles. The van der Waals surface area contributed by atoms with E-state index in [4.69, 9.17) is 5.73 Å². The molecular weight excluding hydrogens is 254 g/mol. The lowest BCUT2D eigenvalue weighted by Gasteiger charge is -2.13. The molecule has 1 rings (SSSR count). The highest BCUT2D eigenvalue weighted by Crippen LogP contribution is 2.07. The summed E-state index contributed by atoms with van der Waals surface area (Å²) in [7, 11) is -3.12. The van der Waals surface area contributed by atoms with Crippen LogP contribution < -0.4 is 11.1 Å². The van der Waals surface area contributed by atoms with Crippen LogP contribution in [0.1, 0.15) is 23.0 Å². The molecule has 1 amide bonds. The molecule has 0 aliphatic rings. The predicted molar refractivity (Wildman–Crippen MR) is 70.0 cm³/mol. The Morgan fingerprint density at radius 3 is 2.61 bits per heavy atom. The fourth-order valence-corrected chi connectivity index (χ4v) is 2.62. The number of aromatic nitrogens is 1. The van der Waals surface area contributed by atoms with Crippen molar-refractivity contribution in [3.8, 4) is 0 Å². The summed E-state index contributed by atoms with van der Waals surface area (Å²) in [5, 5.41) is 2.61. The summed E-state index contributed by atoms with van der Waals surface area (Å²) >= 11 is 0. The zero-order valence-corrected chi connectivity index (χ0v) is 11.4. The maximum atomic E-state index is 11.9. The summed E-state index contributed by atoms with van der Waals surface area (Å²) < 4.78 is 22.2. The molecule has 0 radical (unpaired) electrons. The van der Waals surface area contributed by atoms with Crippen LogP contribution in [0.25, 0.3) is 0 Å². The molecule has 0 aliphatic heterocycles. The van der Waals surface area contributed by atoms with Crippen LogP contribution in [0.4, 0.5) is 5.82 Å². The number of nitrogens with two attached hydrogens (primary N) is 1. The van der Waals surface area contributed by atoms with Crippen LogP contribution in [0.2, 0.25) is 0 Å². The van der Waals surface area contributed by atoms with E-state index in [-0.39, 0.29) is 17.5 Å². The van der Waals surface area contributed by atoms with Crippen molar-refractivity contribution in [3.05, 3.63) is 23.4 Å². The van der Waals surface area contributed by atoms with Gasteiger partial charge in [0.05, 0.1) is 5.75 Å². The molecule has 0 saturated carbocycles. The number of anilines is 1. The molecule has 1 atom stereocenters. The average Bonchev–Trinajstić information content (AvgIpc) is 2.12. The molecule has 0 saturated heterocycles. The highest BCUT2D eigenvalue weighted by Gasteiger charge is 2.15. The van der Waals surface area contributed by atoms with Crippen LogP contribution in [-0.2, 0) is 9.84 Å². The SMILES string of the molecule is Cc1cc(C(=O)NC(C)CS(C)(=O)=O)cc(N)n1. The van der Waals surface area contributed by atoms with Gasteiger partial charge in [-0.1, -0.05) is 0 Å². The number of rotatable bonds is 4. The largest absolute Gasteiger partial charge is 0.384 e. The van der Waals surface area contributed by atoms with Gasteiger partial charge in [0, 0.05) is 23.6 Å². The van der Waals surface area contributed by atoms with E-state index < -0.39 is 15.9 Å². The lowest BCUT2D eigenvalue weighted by atomic mass is 10.2. The van der Waals surface area contributed by atoms with E-state index in [1.54, 1.807) is 19.9 Å². The van der Waals surface area contributed by atoms with Gasteiger partial charge >= 0.3 is 0 Å². The van der Waals surface area contributed by atoms with Gasteiger partial charge in [-0.05, 0) is 26.0 Å². The van der Waals surface area contributed by atoms with Gasteiger partial charge in [-0.25, -0.2) is 13.4 Å². The Morgan fingerprint density at radius 2 is 2.11 bits per heavy atom. The molecular formula is C11H17N3O3S. The molecule has 100 valence electrons. The summed E-state index contributed by atoms with van der Waals surface area (Å²) in [6.07, 6.45) is 1.13. The number of carbonyl (C=O) groups excluding carboxylic acids is 1. The standard InChI is InChI=1S/C11H17N3O3S/c1-7-4-9(5-10(12)13-7)11(15)14-8(2)6-18(3,16)17/h4-5,8H,6H2,1-3H3,(H2,12,13)(H,14,15). The Bertz CT molecular complexity index is 534. The number of aryl methyl sites for hydroxylation is 1. The fourth-order valence-electron chi connectivity index (χ4n) is 1.63. The molecule has 0 fully saturated rings. The Labute approximate surface area is 107 Å². The number of nitrogen functional groups attached to an aromatic ring is 1. The van der Waals surface area contributed by atoms with Crippen LogP contribution >= 0.6 is 0 Å². The van der Waals surface area contributed by atoms with Gasteiger partial charge in [-0.3, -0.25) is 4.79 Å². The van der Waals surface area contributed by atoms with Crippen molar-refractivity contribution in [1.29, 1.82) is 0 Å². The number of hydrogen-bond donors (Lipinski definition) is 2. The molecule has 1 aromatic rings. The van der Waals surface area contributed by atoms with Gasteiger partial charge < -0.3 is 11.1 Å². The third-order valence-corrected chi connectivity index (χ3v) is 3.27. The molecule has 7 heteroatoms. The van der Waals surface area contributed by atoms with Crippen molar-refractivity contribution in [3.63, 3.8) is 0 Å². The number of amides is 1. The first-order chi connectivity index (χ1) is 8.17. The Hall–Kier alpha value is -1.63. The smallest absolute Gasteiger partial charge is 0.251 e. The lowest BCUT2D eigenvalue weighted by molar-refractivity contribution is 0.0943. The van der Waals surface area contributed by atoms with E-state index in [9.17, 15) is 13.2 Å². The third kappa shape index (κ3) is 4.70. The molecule has 18 heavy (non-hydrogen) atoms. The van der Waals surface area contributed by atoms with Crippen LogP contribution in [0, 0.1) is 6.92 Å². The summed E-state index contributed by atoms with van der Waals surface area (Å²) in [4.78, 5) is 15.8. The minimum absolute atomic E-state index is 0.0989. The first kappa shape index (κ1) is 14.4. The summed E-state index contributed by atoms with van der Waals surface area (Å²) in [5.74, 6) is -0.197. The molecule has 3 N–H and O–H groups in total.